The number of rotatable bonds is 7. The van der Waals surface area contributed by atoms with Crippen LogP contribution >= 0.6 is 11.6 Å². The van der Waals surface area contributed by atoms with E-state index in [9.17, 15) is 32.7 Å². The topological polar surface area (TPSA) is 169 Å². The van der Waals surface area contributed by atoms with Crippen LogP contribution < -0.4 is 10.9 Å². The molecule has 57 heavy (non-hydrogen) atoms. The van der Waals surface area contributed by atoms with E-state index in [0.29, 0.717) is 24.5 Å². The maximum atomic E-state index is 14.6. The van der Waals surface area contributed by atoms with Crippen LogP contribution in [-0.4, -0.2) is 95.2 Å². The molecular formula is C38H37ClF3N9O6. The number of hydrogen-bond acceptors (Lipinski definition) is 11. The first-order valence-electron chi connectivity index (χ1n) is 18.3. The van der Waals surface area contributed by atoms with Crippen LogP contribution in [-0.2, 0) is 39.1 Å². The Kier molecular flexibility index (Phi) is 9.99. The number of likely N-dealkylation sites (tertiary alicyclic amines) is 1. The Balaban J connectivity index is 1.15. The van der Waals surface area contributed by atoms with Crippen molar-refractivity contribution >= 4 is 34.9 Å². The molecule has 1 unspecified atom stereocenters. The molecule has 298 valence electrons. The first-order valence-corrected chi connectivity index (χ1v) is 18.7. The van der Waals surface area contributed by atoms with Crippen LogP contribution in [0.25, 0.3) is 17.2 Å². The van der Waals surface area contributed by atoms with Gasteiger partial charge < -0.3 is 29.4 Å². The number of aromatic nitrogens is 6. The smallest absolute Gasteiger partial charge is 0.416 e. The van der Waals surface area contributed by atoms with Gasteiger partial charge in [0.15, 0.2) is 17.3 Å². The van der Waals surface area contributed by atoms with Crippen molar-refractivity contribution in [3.05, 3.63) is 97.9 Å². The van der Waals surface area contributed by atoms with Crippen molar-refractivity contribution in [2.75, 3.05) is 44.7 Å². The fourth-order valence-electron chi connectivity index (χ4n) is 7.77. The molecule has 0 radical (unpaired) electrons. The number of nitrogens with zero attached hydrogens (tertiary/aromatic N) is 8. The number of ether oxygens (including phenoxy) is 2. The number of hydrogen-bond donors (Lipinski definition) is 2. The van der Waals surface area contributed by atoms with Gasteiger partial charge in [-0.2, -0.15) is 22.7 Å². The van der Waals surface area contributed by atoms with E-state index in [1.807, 2.05) is 24.3 Å². The molecule has 2 fully saturated rings. The number of aryl methyl sites for hydroxylation is 1. The lowest BCUT2D eigenvalue weighted by Crippen LogP contribution is -2.47. The van der Waals surface area contributed by atoms with E-state index >= 15 is 0 Å². The average molecular weight is 808 g/mol. The molecular weight excluding hydrogens is 771 g/mol. The van der Waals surface area contributed by atoms with Gasteiger partial charge in [-0.15, -0.1) is 5.10 Å². The van der Waals surface area contributed by atoms with Gasteiger partial charge in [-0.25, -0.2) is 9.97 Å². The lowest BCUT2D eigenvalue weighted by Gasteiger charge is -2.39. The van der Waals surface area contributed by atoms with E-state index < -0.39 is 47.4 Å². The molecule has 8 rings (SSSR count). The molecule has 3 aliphatic rings. The standard InChI is InChI=1S/C38H37ClF3N9O6/c1-21-32(53)30(44-20-43-21)35(55)49-11-9-37(10-12-49)29-31(22(2)57-37)50(19-28(52)45-27-8-7-25(17-26(27)39)38(40,41)42)36-46-33(47-51(36)34(29)54)24-5-3-23(4-6-24)18-48-13-15-56-16-14-48/h3-8,17,20,22,53H,9-16,18-19H2,1-2H3,(H,45,52). The van der Waals surface area contributed by atoms with Gasteiger partial charge in [-0.1, -0.05) is 35.9 Å². The van der Waals surface area contributed by atoms with Crippen LogP contribution in [0.15, 0.2) is 53.6 Å². The van der Waals surface area contributed by atoms with Gasteiger partial charge in [0.05, 0.1) is 52.5 Å². The maximum Gasteiger partial charge on any atom is 0.416 e. The molecule has 2 aromatic carbocycles. The Morgan fingerprint density at radius 2 is 1.77 bits per heavy atom. The predicted octanol–water partition coefficient (Wildman–Crippen LogP) is 4.73. The third-order valence-corrected chi connectivity index (χ3v) is 11.0. The number of carbonyl (C=O) groups is 2. The number of benzene rings is 2. The highest BCUT2D eigenvalue weighted by Crippen LogP contribution is 2.48. The van der Waals surface area contributed by atoms with Gasteiger partial charge in [0.25, 0.3) is 11.5 Å². The van der Waals surface area contributed by atoms with E-state index in [0.717, 1.165) is 47.9 Å². The highest BCUT2D eigenvalue weighted by atomic mass is 35.5. The minimum atomic E-state index is -4.63. The molecule has 0 saturated carbocycles. The predicted molar refractivity (Wildman–Crippen MR) is 199 cm³/mol. The maximum absolute atomic E-state index is 14.6. The Morgan fingerprint density at radius 3 is 2.46 bits per heavy atom. The van der Waals surface area contributed by atoms with Crippen molar-refractivity contribution in [1.82, 2.24) is 38.9 Å². The summed E-state index contributed by atoms with van der Waals surface area (Å²) in [6.45, 7) is 6.92. The fourth-order valence-corrected chi connectivity index (χ4v) is 8.00. The lowest BCUT2D eigenvalue weighted by atomic mass is 9.85. The zero-order chi connectivity index (χ0) is 40.2. The number of anilines is 1. The van der Waals surface area contributed by atoms with Gasteiger partial charge in [0.2, 0.25) is 11.7 Å². The first-order chi connectivity index (χ1) is 27.2. The zero-order valence-corrected chi connectivity index (χ0v) is 31.6. The van der Waals surface area contributed by atoms with Gasteiger partial charge in [0.1, 0.15) is 18.5 Å². The fraction of sp³-hybridized carbons (Fsp3) is 0.395. The number of halogens is 4. The number of piperidine rings is 1. The normalized spacial score (nSPS) is 18.3. The average Bonchev–Trinajstić information content (AvgIpc) is 3.75. The molecule has 19 heteroatoms. The highest BCUT2D eigenvalue weighted by molar-refractivity contribution is 6.33. The van der Waals surface area contributed by atoms with E-state index in [4.69, 9.17) is 26.1 Å². The highest BCUT2D eigenvalue weighted by Gasteiger charge is 2.50. The van der Waals surface area contributed by atoms with Crippen molar-refractivity contribution in [2.24, 2.45) is 0 Å². The summed E-state index contributed by atoms with van der Waals surface area (Å²) >= 11 is 6.17. The zero-order valence-electron chi connectivity index (χ0n) is 30.8. The van der Waals surface area contributed by atoms with Crippen molar-refractivity contribution in [2.45, 2.75) is 57.7 Å². The molecule has 1 spiro atoms. The summed E-state index contributed by atoms with van der Waals surface area (Å²) in [4.78, 5) is 58.2. The van der Waals surface area contributed by atoms with Crippen molar-refractivity contribution < 1.29 is 37.3 Å². The summed E-state index contributed by atoms with van der Waals surface area (Å²) in [5.41, 5.74) is -0.219. The summed E-state index contributed by atoms with van der Waals surface area (Å²) in [5, 5.41) is 17.4. The van der Waals surface area contributed by atoms with E-state index in [1.54, 1.807) is 13.8 Å². The Hall–Kier alpha value is -5.43. The van der Waals surface area contributed by atoms with Crippen LogP contribution in [0.5, 0.6) is 5.75 Å². The van der Waals surface area contributed by atoms with Crippen molar-refractivity contribution in [1.29, 1.82) is 0 Å². The second kappa shape index (κ2) is 14.8. The third kappa shape index (κ3) is 7.22. The van der Waals surface area contributed by atoms with Crippen molar-refractivity contribution in [3.8, 4) is 17.1 Å². The van der Waals surface area contributed by atoms with Crippen LogP contribution in [0, 0.1) is 6.92 Å². The van der Waals surface area contributed by atoms with Gasteiger partial charge in [-0.3, -0.25) is 19.3 Å². The van der Waals surface area contributed by atoms with Crippen LogP contribution in [0.2, 0.25) is 5.02 Å². The third-order valence-electron chi connectivity index (χ3n) is 10.7. The lowest BCUT2D eigenvalue weighted by molar-refractivity contribution is -0.137. The van der Waals surface area contributed by atoms with Crippen molar-refractivity contribution in [3.63, 3.8) is 0 Å². The summed E-state index contributed by atoms with van der Waals surface area (Å²) in [7, 11) is 0. The second-order valence-corrected chi connectivity index (χ2v) is 14.7. The summed E-state index contributed by atoms with van der Waals surface area (Å²) < 4.78 is 54.6. The number of amides is 2. The minimum Gasteiger partial charge on any atom is -0.504 e. The number of morpholine rings is 1. The van der Waals surface area contributed by atoms with E-state index in [1.165, 1.54) is 15.8 Å². The number of alkyl halides is 3. The summed E-state index contributed by atoms with van der Waals surface area (Å²) in [6.07, 6.45) is -3.76. The molecule has 1 atom stereocenters. The molecule has 5 aromatic rings. The Bertz CT molecular complexity index is 2440. The molecule has 15 nitrogen and oxygen atoms in total. The summed E-state index contributed by atoms with van der Waals surface area (Å²) in [6, 6.07) is 10.3. The van der Waals surface area contributed by atoms with Gasteiger partial charge in [0, 0.05) is 38.3 Å². The van der Waals surface area contributed by atoms with E-state index in [2.05, 4.69) is 25.3 Å². The Morgan fingerprint density at radius 1 is 1.05 bits per heavy atom. The number of carbonyl (C=O) groups excluding carboxylic acids is 2. The van der Waals surface area contributed by atoms with Gasteiger partial charge in [-0.05, 0) is 50.5 Å². The quantitative estimate of drug-likeness (QED) is 0.233. The molecule has 6 heterocycles. The molecule has 2 amide bonds. The second-order valence-electron chi connectivity index (χ2n) is 14.3. The summed E-state index contributed by atoms with van der Waals surface area (Å²) in [5.74, 6) is -1.18. The monoisotopic (exact) mass is 807 g/mol. The molecule has 3 aliphatic heterocycles. The SMILES string of the molecule is Cc1ncnc(C(=O)N2CCC3(CC2)OC(C)c2c3c(=O)n3nc(-c4ccc(CN5CCOCC5)cc4)nc3n2CC(=O)Nc2ccc(C(F)(F)F)cc2Cl)c1O. The van der Waals surface area contributed by atoms with E-state index in [-0.39, 0.29) is 70.9 Å². The van der Waals surface area contributed by atoms with Crippen LogP contribution in [0.3, 0.4) is 0 Å². The number of nitrogens with one attached hydrogen (secondary N) is 1. The number of fused-ring (bicyclic) bond motifs is 3. The first kappa shape index (κ1) is 38.4. The molecule has 0 bridgehead atoms. The Labute approximate surface area is 328 Å². The number of aromatic hydroxyl groups is 1. The molecule has 2 N–H and O–H groups in total. The van der Waals surface area contributed by atoms with Crippen LogP contribution in [0.4, 0.5) is 18.9 Å². The van der Waals surface area contributed by atoms with Gasteiger partial charge >= 0.3 is 6.18 Å². The van der Waals surface area contributed by atoms with Crippen LogP contribution in [0.1, 0.15) is 64.4 Å². The molecule has 3 aromatic heterocycles. The molecule has 2 saturated heterocycles. The minimum absolute atomic E-state index is 0.0366. The molecule has 0 aliphatic carbocycles. The largest absolute Gasteiger partial charge is 0.504 e.